The lowest BCUT2D eigenvalue weighted by atomic mass is 10.2. The Kier molecular flexibility index (Phi) is 3.78. The molecule has 7 nitrogen and oxygen atoms in total. The van der Waals surface area contributed by atoms with Crippen molar-refractivity contribution in [2.24, 2.45) is 7.05 Å². The normalized spacial score (nSPS) is 16.4. The number of aryl methyl sites for hydroxylation is 2. The molecule has 130 valence electrons. The largest absolute Gasteiger partial charge is 0.337 e. The van der Waals surface area contributed by atoms with Crippen LogP contribution in [-0.2, 0) is 20.1 Å². The molecule has 4 heterocycles. The Morgan fingerprint density at radius 1 is 1.04 bits per heavy atom. The Bertz CT molecular complexity index is 834. The highest BCUT2D eigenvalue weighted by Crippen LogP contribution is 2.28. The smallest absolute Gasteiger partial charge is 0.274 e. The lowest BCUT2D eigenvalue weighted by Crippen LogP contribution is -2.30. The second-order valence-corrected chi connectivity index (χ2v) is 6.75. The Labute approximate surface area is 146 Å². The molecule has 0 N–H and O–H groups in total. The van der Waals surface area contributed by atoms with Gasteiger partial charge in [-0.25, -0.2) is 0 Å². The summed E-state index contributed by atoms with van der Waals surface area (Å²) in [6.07, 6.45) is 3.70. The average molecular weight is 339 g/mol. The first-order chi connectivity index (χ1) is 12.0. The van der Waals surface area contributed by atoms with Crippen molar-refractivity contribution in [2.45, 2.75) is 32.9 Å². The Morgan fingerprint density at radius 3 is 2.48 bits per heavy atom. The molecule has 2 amide bonds. The highest BCUT2D eigenvalue weighted by atomic mass is 16.2. The fraction of sp³-hybridized carbons (Fsp3) is 0.444. The van der Waals surface area contributed by atoms with Crippen LogP contribution in [0.2, 0.25) is 0 Å². The summed E-state index contributed by atoms with van der Waals surface area (Å²) in [6, 6.07) is 3.63. The van der Waals surface area contributed by atoms with Gasteiger partial charge in [-0.2, -0.15) is 5.10 Å². The molecule has 0 saturated carbocycles. The van der Waals surface area contributed by atoms with Gasteiger partial charge in [0.25, 0.3) is 11.8 Å². The zero-order valence-electron chi connectivity index (χ0n) is 14.5. The fourth-order valence-electron chi connectivity index (χ4n) is 3.56. The molecule has 0 aromatic carbocycles. The second-order valence-electron chi connectivity index (χ2n) is 6.75. The highest BCUT2D eigenvalue weighted by Gasteiger charge is 2.34. The fourth-order valence-corrected chi connectivity index (χ4v) is 3.56. The maximum atomic E-state index is 12.7. The molecule has 0 spiro atoms. The van der Waals surface area contributed by atoms with E-state index in [9.17, 15) is 9.59 Å². The van der Waals surface area contributed by atoms with Crippen molar-refractivity contribution in [1.82, 2.24) is 24.6 Å². The van der Waals surface area contributed by atoms with Gasteiger partial charge in [-0.1, -0.05) is 0 Å². The van der Waals surface area contributed by atoms with Crippen molar-refractivity contribution >= 4 is 11.8 Å². The maximum Gasteiger partial charge on any atom is 0.274 e. The molecule has 25 heavy (non-hydrogen) atoms. The van der Waals surface area contributed by atoms with Crippen LogP contribution >= 0.6 is 0 Å². The number of rotatable bonds is 2. The molecule has 4 rings (SSSR count). The van der Waals surface area contributed by atoms with Gasteiger partial charge in [-0.15, -0.1) is 0 Å². The summed E-state index contributed by atoms with van der Waals surface area (Å²) in [5.74, 6) is -0.0797. The number of pyridine rings is 1. The van der Waals surface area contributed by atoms with Crippen LogP contribution in [0.3, 0.4) is 0 Å². The molecule has 1 saturated heterocycles. The van der Waals surface area contributed by atoms with Gasteiger partial charge in [0.2, 0.25) is 0 Å². The second kappa shape index (κ2) is 5.98. The van der Waals surface area contributed by atoms with E-state index in [2.05, 4.69) is 10.1 Å². The van der Waals surface area contributed by atoms with Crippen molar-refractivity contribution in [2.75, 3.05) is 13.1 Å². The molecule has 0 unspecified atom stereocenters. The minimum Gasteiger partial charge on any atom is -0.337 e. The van der Waals surface area contributed by atoms with E-state index >= 15 is 0 Å². The van der Waals surface area contributed by atoms with E-state index < -0.39 is 0 Å². The van der Waals surface area contributed by atoms with Crippen molar-refractivity contribution in [1.29, 1.82) is 0 Å². The number of aromatic nitrogens is 3. The first-order valence-electron chi connectivity index (χ1n) is 8.60. The number of carbonyl (C=O) groups is 2. The quantitative estimate of drug-likeness (QED) is 0.832. The molecule has 2 aliphatic rings. The van der Waals surface area contributed by atoms with E-state index in [4.69, 9.17) is 0 Å². The molecule has 2 aromatic rings. The summed E-state index contributed by atoms with van der Waals surface area (Å²) in [5.41, 5.74) is 3.77. The number of likely N-dealkylation sites (tertiary alicyclic amines) is 1. The van der Waals surface area contributed by atoms with Gasteiger partial charge in [0.05, 0.1) is 24.3 Å². The van der Waals surface area contributed by atoms with E-state index in [1.54, 1.807) is 21.8 Å². The van der Waals surface area contributed by atoms with Gasteiger partial charge in [0, 0.05) is 37.6 Å². The van der Waals surface area contributed by atoms with E-state index in [0.717, 1.165) is 42.9 Å². The van der Waals surface area contributed by atoms with Gasteiger partial charge >= 0.3 is 0 Å². The summed E-state index contributed by atoms with van der Waals surface area (Å²) in [5, 5.41) is 4.43. The molecule has 0 atom stereocenters. The third-order valence-electron chi connectivity index (χ3n) is 5.01. The van der Waals surface area contributed by atoms with E-state index in [1.165, 1.54) is 0 Å². The van der Waals surface area contributed by atoms with Crippen LogP contribution in [-0.4, -0.2) is 49.5 Å². The highest BCUT2D eigenvalue weighted by molar-refractivity contribution is 5.96. The van der Waals surface area contributed by atoms with Crippen molar-refractivity contribution < 1.29 is 9.59 Å². The predicted octanol–water partition coefficient (Wildman–Crippen LogP) is 1.52. The number of carbonyl (C=O) groups excluding carboxylic acids is 2. The third kappa shape index (κ3) is 2.69. The molecule has 0 radical (unpaired) electrons. The van der Waals surface area contributed by atoms with E-state index in [1.807, 2.05) is 24.9 Å². The van der Waals surface area contributed by atoms with Gasteiger partial charge in [0.1, 0.15) is 0 Å². The summed E-state index contributed by atoms with van der Waals surface area (Å²) in [4.78, 5) is 33.3. The van der Waals surface area contributed by atoms with Crippen LogP contribution in [0.15, 0.2) is 18.3 Å². The minimum atomic E-state index is -0.0664. The number of hydrogen-bond acceptors (Lipinski definition) is 4. The molecule has 1 fully saturated rings. The van der Waals surface area contributed by atoms with Crippen LogP contribution < -0.4 is 0 Å². The molecule has 2 aliphatic heterocycles. The van der Waals surface area contributed by atoms with Crippen LogP contribution in [0.1, 0.15) is 50.6 Å². The minimum absolute atomic E-state index is 0.0133. The zero-order chi connectivity index (χ0) is 17.6. The maximum absolute atomic E-state index is 12.7. The molecular weight excluding hydrogens is 318 g/mol. The van der Waals surface area contributed by atoms with Gasteiger partial charge in [-0.3, -0.25) is 19.3 Å². The van der Waals surface area contributed by atoms with E-state index in [-0.39, 0.29) is 11.8 Å². The SMILES string of the molecule is Cc1ccc(C(=O)N2Cc3c(C(=O)N4CCCC4)nn(C)c3C2)cn1. The molecule has 7 heteroatoms. The average Bonchev–Trinajstić information content (AvgIpc) is 3.32. The van der Waals surface area contributed by atoms with Gasteiger partial charge in [0.15, 0.2) is 5.69 Å². The number of fused-ring (bicyclic) bond motifs is 1. The monoisotopic (exact) mass is 339 g/mol. The van der Waals surface area contributed by atoms with Crippen molar-refractivity contribution in [3.05, 3.63) is 46.5 Å². The van der Waals surface area contributed by atoms with Crippen LogP contribution in [0.25, 0.3) is 0 Å². The van der Waals surface area contributed by atoms with Crippen LogP contribution in [0.4, 0.5) is 0 Å². The first kappa shape index (κ1) is 15.8. The topological polar surface area (TPSA) is 71.3 Å². The zero-order valence-corrected chi connectivity index (χ0v) is 14.5. The summed E-state index contributed by atoms with van der Waals surface area (Å²) >= 11 is 0. The lowest BCUT2D eigenvalue weighted by molar-refractivity contribution is 0.0736. The number of amides is 2. The lowest BCUT2D eigenvalue weighted by Gasteiger charge is -2.17. The van der Waals surface area contributed by atoms with Gasteiger partial charge < -0.3 is 9.80 Å². The van der Waals surface area contributed by atoms with Crippen molar-refractivity contribution in [3.8, 4) is 0 Å². The number of nitrogens with zero attached hydrogens (tertiary/aromatic N) is 5. The molecule has 2 aromatic heterocycles. The molecule has 0 bridgehead atoms. The molecule has 0 aliphatic carbocycles. The first-order valence-corrected chi connectivity index (χ1v) is 8.60. The molecular formula is C18H21N5O2. The predicted molar refractivity (Wildman–Crippen MR) is 90.9 cm³/mol. The van der Waals surface area contributed by atoms with Crippen LogP contribution in [0, 0.1) is 6.92 Å². The Balaban J connectivity index is 1.58. The number of hydrogen-bond donors (Lipinski definition) is 0. The van der Waals surface area contributed by atoms with E-state index in [0.29, 0.717) is 24.3 Å². The third-order valence-corrected chi connectivity index (χ3v) is 5.01. The Morgan fingerprint density at radius 2 is 1.80 bits per heavy atom. The van der Waals surface area contributed by atoms with Crippen LogP contribution in [0.5, 0.6) is 0 Å². The summed E-state index contributed by atoms with van der Waals surface area (Å²) in [7, 11) is 1.83. The summed E-state index contributed by atoms with van der Waals surface area (Å²) < 4.78 is 1.74. The van der Waals surface area contributed by atoms with Gasteiger partial charge in [-0.05, 0) is 31.9 Å². The van der Waals surface area contributed by atoms with Crippen molar-refractivity contribution in [3.63, 3.8) is 0 Å². The standard InChI is InChI=1S/C18H21N5O2/c1-12-5-6-13(9-19-12)17(24)23-10-14-15(11-23)21(2)20-16(14)18(25)22-7-3-4-8-22/h5-6,9H,3-4,7-8,10-11H2,1-2H3. The summed E-state index contributed by atoms with van der Waals surface area (Å²) in [6.45, 7) is 4.37. The Hall–Kier alpha value is -2.70.